The first-order valence-electron chi connectivity index (χ1n) is 4.75. The highest BCUT2D eigenvalue weighted by atomic mass is 127. The molecule has 0 unspecified atom stereocenters. The molecule has 0 bridgehead atoms. The van der Waals surface area contributed by atoms with E-state index in [0.717, 1.165) is 0 Å². The molecule has 15 heavy (non-hydrogen) atoms. The summed E-state index contributed by atoms with van der Waals surface area (Å²) >= 11 is 0.166. The highest BCUT2D eigenvalue weighted by molar-refractivity contribution is 14.2. The third kappa shape index (κ3) is 2.84. The maximum Gasteiger partial charge on any atom is 0.0348 e. The van der Waals surface area contributed by atoms with E-state index in [1.54, 1.807) is 0 Å². The predicted octanol–water partition coefficient (Wildman–Crippen LogP) is 2.33. The van der Waals surface area contributed by atoms with Crippen molar-refractivity contribution < 1.29 is 0 Å². The summed E-state index contributed by atoms with van der Waals surface area (Å²) in [4.78, 5) is 0. The maximum absolute atomic E-state index is 5.31. The van der Waals surface area contributed by atoms with Gasteiger partial charge in [0.15, 0.2) is 0 Å². The van der Waals surface area contributed by atoms with Gasteiger partial charge in [-0.3, -0.25) is 11.3 Å². The van der Waals surface area contributed by atoms with E-state index in [9.17, 15) is 0 Å². The minimum atomic E-state index is 0.166. The van der Waals surface area contributed by atoms with E-state index in [2.05, 4.69) is 49.9 Å². The van der Waals surface area contributed by atoms with Gasteiger partial charge in [0.05, 0.1) is 0 Å². The number of halogens is 1. The summed E-state index contributed by atoms with van der Waals surface area (Å²) < 4.78 is 4.56. The molecule has 0 aliphatic carbocycles. The summed E-state index contributed by atoms with van der Waals surface area (Å²) in [6.45, 7) is 0.710. The van der Waals surface area contributed by atoms with Crippen LogP contribution in [0.25, 0.3) is 5.57 Å². The van der Waals surface area contributed by atoms with Crippen LogP contribution in [0.3, 0.4) is 0 Å². The van der Waals surface area contributed by atoms with Crippen molar-refractivity contribution in [2.75, 3.05) is 0 Å². The van der Waals surface area contributed by atoms with Crippen molar-refractivity contribution in [2.45, 2.75) is 6.54 Å². The number of nitrogens with one attached hydrogen (secondary N) is 1. The van der Waals surface area contributed by atoms with Gasteiger partial charge in [-0.25, -0.2) is 0 Å². The first-order valence-corrected chi connectivity index (χ1v) is 7.24. The lowest BCUT2D eigenvalue weighted by atomic mass is 10.0. The molecule has 1 aromatic carbocycles. The van der Waals surface area contributed by atoms with Gasteiger partial charge in [-0.05, 0) is 43.0 Å². The van der Waals surface area contributed by atoms with Gasteiger partial charge in [-0.15, -0.1) is 0 Å². The lowest BCUT2D eigenvalue weighted by molar-refractivity contribution is 0.741. The van der Waals surface area contributed by atoms with Gasteiger partial charge in [0.2, 0.25) is 0 Å². The summed E-state index contributed by atoms with van der Waals surface area (Å²) in [7, 11) is 0. The zero-order chi connectivity index (χ0) is 10.5. The number of hydrazine groups is 1. The number of hydrogen-bond acceptors (Lipinski definition) is 2. The molecule has 3 N–H and O–H groups in total. The Morgan fingerprint density at radius 1 is 1.33 bits per heavy atom. The summed E-state index contributed by atoms with van der Waals surface area (Å²) in [5, 5.41) is 0. The van der Waals surface area contributed by atoms with E-state index < -0.39 is 0 Å². The molecular weight excluding hydrogens is 299 g/mol. The molecule has 0 amide bonds. The minimum absolute atomic E-state index is 0.166. The van der Waals surface area contributed by atoms with E-state index in [-0.39, 0.29) is 20.7 Å². The van der Waals surface area contributed by atoms with Crippen molar-refractivity contribution >= 4 is 30.3 Å². The second-order valence-electron chi connectivity index (χ2n) is 3.25. The average molecular weight is 312 g/mol. The van der Waals surface area contributed by atoms with Crippen molar-refractivity contribution in [1.29, 1.82) is 0 Å². The number of rotatable bonds is 3. The van der Waals surface area contributed by atoms with E-state index >= 15 is 0 Å². The van der Waals surface area contributed by atoms with E-state index in [1.165, 1.54) is 16.7 Å². The van der Waals surface area contributed by atoms with Crippen LogP contribution in [0.5, 0.6) is 0 Å². The Balaban J connectivity index is 2.28. The largest absolute Gasteiger partial charge is 0.271 e. The summed E-state index contributed by atoms with van der Waals surface area (Å²) in [5.74, 6) is 5.31. The number of benzene rings is 1. The van der Waals surface area contributed by atoms with Gasteiger partial charge in [0.25, 0.3) is 0 Å². The zero-order valence-electron chi connectivity index (χ0n) is 8.28. The molecule has 0 fully saturated rings. The fourth-order valence-corrected chi connectivity index (χ4v) is 2.91. The van der Waals surface area contributed by atoms with E-state index in [1.807, 2.05) is 0 Å². The third-order valence-electron chi connectivity index (χ3n) is 2.20. The fraction of sp³-hybridized carbons (Fsp3) is 0.0833. The predicted molar refractivity (Wildman–Crippen MR) is 74.7 cm³/mol. The number of nitrogens with two attached hydrogens (primary N) is 1. The second kappa shape index (κ2) is 5.34. The maximum atomic E-state index is 5.31. The lowest BCUT2D eigenvalue weighted by Crippen LogP contribution is -2.20. The van der Waals surface area contributed by atoms with Crippen molar-refractivity contribution in [3.05, 3.63) is 51.6 Å². The Bertz CT molecular complexity index is 433. The van der Waals surface area contributed by atoms with Gasteiger partial charge < -0.3 is 0 Å². The molecule has 1 aromatic rings. The molecule has 0 aromatic heterocycles. The summed E-state index contributed by atoms with van der Waals surface area (Å²) in [5.41, 5.74) is 6.44. The molecule has 0 saturated heterocycles. The van der Waals surface area contributed by atoms with Crippen LogP contribution in [0, 0.1) is 0 Å². The Morgan fingerprint density at radius 2 is 2.27 bits per heavy atom. The standard InChI is InChI=1S/C12H13IN2/c14-15-9-10-2-1-3-12(8-10)11-4-6-13-7-5-11/h1-8,15H,9,14H2. The van der Waals surface area contributed by atoms with Crippen molar-refractivity contribution in [2.24, 2.45) is 5.84 Å². The molecule has 2 rings (SSSR count). The molecule has 0 atom stereocenters. The quantitative estimate of drug-likeness (QED) is 0.511. The molecular formula is C12H13IN2. The monoisotopic (exact) mass is 312 g/mol. The lowest BCUT2D eigenvalue weighted by Gasteiger charge is -2.06. The smallest absolute Gasteiger partial charge is 0.0348 e. The molecule has 1 aliphatic heterocycles. The van der Waals surface area contributed by atoms with Crippen LogP contribution < -0.4 is 11.3 Å². The minimum Gasteiger partial charge on any atom is -0.271 e. The summed E-state index contributed by atoms with van der Waals surface area (Å²) in [6, 6.07) is 8.45. The topological polar surface area (TPSA) is 38.0 Å². The Morgan fingerprint density at radius 3 is 3.00 bits per heavy atom. The number of hydrogen-bond donors (Lipinski definition) is 2. The van der Waals surface area contributed by atoms with Crippen molar-refractivity contribution in [3.8, 4) is 0 Å². The molecule has 0 radical (unpaired) electrons. The average Bonchev–Trinajstić information content (AvgIpc) is 2.31. The van der Waals surface area contributed by atoms with Crippen molar-refractivity contribution in [1.82, 2.24) is 5.43 Å². The molecule has 1 aliphatic rings. The molecule has 0 saturated carbocycles. The van der Waals surface area contributed by atoms with E-state index in [4.69, 9.17) is 5.84 Å². The molecule has 78 valence electrons. The van der Waals surface area contributed by atoms with Crippen LogP contribution in [-0.4, -0.2) is 4.01 Å². The number of allylic oxidation sites excluding steroid dienone is 3. The third-order valence-corrected chi connectivity index (χ3v) is 3.75. The van der Waals surface area contributed by atoms with Crippen LogP contribution in [0.15, 0.2) is 40.5 Å². The zero-order valence-corrected chi connectivity index (χ0v) is 10.4. The van der Waals surface area contributed by atoms with Gasteiger partial charge in [-0.2, -0.15) is 0 Å². The van der Waals surface area contributed by atoms with Gasteiger partial charge in [-0.1, -0.05) is 38.9 Å². The van der Waals surface area contributed by atoms with Gasteiger partial charge in [0, 0.05) is 6.54 Å². The second-order valence-corrected chi connectivity index (χ2v) is 5.41. The van der Waals surface area contributed by atoms with Gasteiger partial charge in [0.1, 0.15) is 0 Å². The Hall–Kier alpha value is -0.780. The molecule has 1 heterocycles. The van der Waals surface area contributed by atoms with Crippen LogP contribution in [-0.2, 0) is 6.54 Å². The summed E-state index contributed by atoms with van der Waals surface area (Å²) in [6.07, 6.45) is 4.42. The molecule has 3 heteroatoms. The van der Waals surface area contributed by atoms with Crippen LogP contribution in [0.4, 0.5) is 0 Å². The first-order chi connectivity index (χ1) is 7.40. The van der Waals surface area contributed by atoms with Crippen LogP contribution >= 0.6 is 20.7 Å². The highest BCUT2D eigenvalue weighted by Crippen LogP contribution is 2.21. The van der Waals surface area contributed by atoms with Gasteiger partial charge >= 0.3 is 0 Å². The molecule has 2 nitrogen and oxygen atoms in total. The van der Waals surface area contributed by atoms with Crippen LogP contribution in [0.1, 0.15) is 11.1 Å². The van der Waals surface area contributed by atoms with Crippen LogP contribution in [0.2, 0.25) is 0 Å². The van der Waals surface area contributed by atoms with Crippen molar-refractivity contribution in [3.63, 3.8) is 0 Å². The molecule has 0 spiro atoms. The SMILES string of the molecule is NNCc1cccc(C2=CC=IC=C2)c1. The normalized spacial score (nSPS) is 14.6. The van der Waals surface area contributed by atoms with E-state index in [0.29, 0.717) is 6.54 Å². The fourth-order valence-electron chi connectivity index (χ4n) is 1.48. The first kappa shape index (κ1) is 10.7. The Kier molecular flexibility index (Phi) is 3.82. The highest BCUT2D eigenvalue weighted by Gasteiger charge is 2.00. The Labute approximate surface area is 99.6 Å².